The van der Waals surface area contributed by atoms with Crippen LogP contribution >= 0.6 is 23.2 Å². The molecule has 0 aliphatic heterocycles. The van der Waals surface area contributed by atoms with E-state index in [1.54, 1.807) is 6.07 Å². The molecule has 9 heteroatoms. The number of amides is 1. The van der Waals surface area contributed by atoms with Gasteiger partial charge in [-0.1, -0.05) is 47.5 Å². The van der Waals surface area contributed by atoms with Crippen molar-refractivity contribution in [2.45, 2.75) is 12.6 Å². The van der Waals surface area contributed by atoms with Crippen molar-refractivity contribution in [3.05, 3.63) is 63.6 Å². The summed E-state index contributed by atoms with van der Waals surface area (Å²) in [6.07, 6.45) is -4.90. The van der Waals surface area contributed by atoms with Crippen molar-refractivity contribution in [2.24, 2.45) is 0 Å². The van der Waals surface area contributed by atoms with Gasteiger partial charge in [0.1, 0.15) is 0 Å². The number of hydrogen-bond donors (Lipinski definition) is 1. The molecule has 0 aromatic heterocycles. The van der Waals surface area contributed by atoms with Crippen molar-refractivity contribution in [1.82, 2.24) is 0 Å². The summed E-state index contributed by atoms with van der Waals surface area (Å²) < 4.78 is 42.7. The van der Waals surface area contributed by atoms with Crippen LogP contribution in [0, 0.1) is 0 Å². The number of anilines is 1. The normalized spacial score (nSPS) is 11.1. The number of carbonyl (C=O) groups is 2. The molecule has 0 heterocycles. The molecule has 0 atom stereocenters. The molecule has 26 heavy (non-hydrogen) atoms. The molecule has 2 aromatic carbocycles. The third-order valence-electron chi connectivity index (χ3n) is 3.19. The maximum Gasteiger partial charge on any atom is 0.416 e. The Hall–Kier alpha value is -2.25. The number of rotatable bonds is 5. The number of esters is 1. The maximum absolute atomic E-state index is 12.6. The average molecular weight is 406 g/mol. The van der Waals surface area contributed by atoms with Crippen LogP contribution < -0.4 is 5.32 Å². The number of alkyl halides is 3. The van der Waals surface area contributed by atoms with Crippen molar-refractivity contribution in [3.63, 3.8) is 0 Å². The van der Waals surface area contributed by atoms with Gasteiger partial charge in [0, 0.05) is 0 Å². The zero-order valence-corrected chi connectivity index (χ0v) is 14.6. The van der Waals surface area contributed by atoms with Crippen LogP contribution in [-0.2, 0) is 26.9 Å². The van der Waals surface area contributed by atoms with Gasteiger partial charge in [0.2, 0.25) is 0 Å². The second-order valence-corrected chi connectivity index (χ2v) is 5.99. The second-order valence-electron chi connectivity index (χ2n) is 5.18. The Morgan fingerprint density at radius 3 is 2.27 bits per heavy atom. The summed E-state index contributed by atoms with van der Waals surface area (Å²) in [5, 5.41) is 2.82. The van der Waals surface area contributed by atoms with Crippen molar-refractivity contribution in [2.75, 3.05) is 11.9 Å². The highest BCUT2D eigenvalue weighted by atomic mass is 35.5. The summed E-state index contributed by atoms with van der Waals surface area (Å²) in [6, 6.07) is 8.93. The third kappa shape index (κ3) is 5.64. The van der Waals surface area contributed by atoms with E-state index in [9.17, 15) is 22.8 Å². The van der Waals surface area contributed by atoms with Gasteiger partial charge in [-0.25, -0.2) is 0 Å². The number of halogens is 5. The summed E-state index contributed by atoms with van der Waals surface area (Å²) >= 11 is 11.8. The lowest BCUT2D eigenvalue weighted by molar-refractivity contribution is -0.146. The molecule has 1 N–H and O–H groups in total. The number of ether oxygens (including phenoxy) is 1. The predicted octanol–water partition coefficient (Wildman–Crippen LogP) is 4.74. The SMILES string of the molecule is O=C(COC(=O)Cc1cccc(C(F)(F)F)c1)Nc1c(Cl)cccc1Cl. The summed E-state index contributed by atoms with van der Waals surface area (Å²) in [5.74, 6) is -1.53. The van der Waals surface area contributed by atoms with E-state index in [0.29, 0.717) is 0 Å². The van der Waals surface area contributed by atoms with Crippen LogP contribution in [0.3, 0.4) is 0 Å². The summed E-state index contributed by atoms with van der Waals surface area (Å²) in [6.45, 7) is -0.626. The molecule has 4 nitrogen and oxygen atoms in total. The minimum atomic E-state index is -4.51. The molecule has 1 amide bonds. The van der Waals surface area contributed by atoms with Gasteiger partial charge in [0.15, 0.2) is 6.61 Å². The van der Waals surface area contributed by atoms with E-state index in [0.717, 1.165) is 12.1 Å². The molecule has 2 rings (SSSR count). The molecule has 2 aromatic rings. The molecule has 0 fully saturated rings. The minimum absolute atomic E-state index is 0.124. The number of hydrogen-bond acceptors (Lipinski definition) is 3. The smallest absolute Gasteiger partial charge is 0.416 e. The first-order valence-corrected chi connectivity index (χ1v) is 7.98. The van der Waals surface area contributed by atoms with Gasteiger partial charge < -0.3 is 10.1 Å². The zero-order chi connectivity index (χ0) is 19.3. The lowest BCUT2D eigenvalue weighted by Crippen LogP contribution is -2.22. The molecule has 0 saturated carbocycles. The molecule has 0 spiro atoms. The minimum Gasteiger partial charge on any atom is -0.455 e. The largest absolute Gasteiger partial charge is 0.455 e. The van der Waals surface area contributed by atoms with Gasteiger partial charge in [-0.05, 0) is 23.8 Å². The highest BCUT2D eigenvalue weighted by Gasteiger charge is 2.30. The Kier molecular flexibility index (Phi) is 6.50. The van der Waals surface area contributed by atoms with Crippen molar-refractivity contribution in [3.8, 4) is 0 Å². The first-order chi connectivity index (χ1) is 12.2. The van der Waals surface area contributed by atoms with Gasteiger partial charge in [-0.2, -0.15) is 13.2 Å². The molecule has 0 saturated heterocycles. The molecule has 0 aliphatic rings. The first-order valence-electron chi connectivity index (χ1n) is 7.22. The predicted molar refractivity (Wildman–Crippen MR) is 91.2 cm³/mol. The monoisotopic (exact) mass is 405 g/mol. The topological polar surface area (TPSA) is 55.4 Å². The molecule has 0 bridgehead atoms. The fraction of sp³-hybridized carbons (Fsp3) is 0.176. The Balaban J connectivity index is 1.90. The van der Waals surface area contributed by atoms with Crippen LogP contribution in [0.2, 0.25) is 10.0 Å². The summed E-state index contributed by atoms with van der Waals surface area (Å²) in [7, 11) is 0. The van der Waals surface area contributed by atoms with Crippen LogP contribution in [0.1, 0.15) is 11.1 Å². The third-order valence-corrected chi connectivity index (χ3v) is 3.82. The highest BCUT2D eigenvalue weighted by molar-refractivity contribution is 6.39. The van der Waals surface area contributed by atoms with Crippen LogP contribution in [0.15, 0.2) is 42.5 Å². The van der Waals surface area contributed by atoms with E-state index in [1.807, 2.05) is 0 Å². The maximum atomic E-state index is 12.6. The standard InChI is InChI=1S/C17H12Cl2F3NO3/c18-12-5-2-6-13(19)16(12)23-14(24)9-26-15(25)8-10-3-1-4-11(7-10)17(20,21)22/h1-7H,8-9H2,(H,23,24). The molecule has 0 unspecified atom stereocenters. The molecule has 0 radical (unpaired) electrons. The zero-order valence-electron chi connectivity index (χ0n) is 13.1. The number of carbonyl (C=O) groups excluding carboxylic acids is 2. The fourth-order valence-corrected chi connectivity index (χ4v) is 2.51. The Morgan fingerprint density at radius 1 is 1.04 bits per heavy atom. The van der Waals surface area contributed by atoms with Gasteiger partial charge in [0.05, 0.1) is 27.7 Å². The first kappa shape index (κ1) is 20.1. The Morgan fingerprint density at radius 2 is 1.65 bits per heavy atom. The summed E-state index contributed by atoms with van der Waals surface area (Å²) in [4.78, 5) is 23.5. The second kappa shape index (κ2) is 8.42. The molecular formula is C17H12Cl2F3NO3. The van der Waals surface area contributed by atoms with Crippen molar-refractivity contribution >= 4 is 40.8 Å². The lowest BCUT2D eigenvalue weighted by atomic mass is 10.1. The van der Waals surface area contributed by atoms with Crippen LogP contribution in [0.5, 0.6) is 0 Å². The van der Waals surface area contributed by atoms with Gasteiger partial charge >= 0.3 is 12.1 Å². The quantitative estimate of drug-likeness (QED) is 0.731. The van der Waals surface area contributed by atoms with Gasteiger partial charge in [0.25, 0.3) is 5.91 Å². The van der Waals surface area contributed by atoms with Crippen LogP contribution in [0.4, 0.5) is 18.9 Å². The van der Waals surface area contributed by atoms with E-state index >= 15 is 0 Å². The average Bonchev–Trinajstić information content (AvgIpc) is 2.56. The molecule has 138 valence electrons. The van der Waals surface area contributed by atoms with Crippen LogP contribution in [-0.4, -0.2) is 18.5 Å². The molecule has 0 aliphatic carbocycles. The van der Waals surface area contributed by atoms with Crippen molar-refractivity contribution < 1.29 is 27.5 Å². The van der Waals surface area contributed by atoms with Crippen LogP contribution in [0.25, 0.3) is 0 Å². The van der Waals surface area contributed by atoms with E-state index in [-0.39, 0.29) is 21.3 Å². The van der Waals surface area contributed by atoms with E-state index in [4.69, 9.17) is 27.9 Å². The van der Waals surface area contributed by atoms with Gasteiger partial charge in [-0.15, -0.1) is 0 Å². The highest BCUT2D eigenvalue weighted by Crippen LogP contribution is 2.30. The number of benzene rings is 2. The lowest BCUT2D eigenvalue weighted by Gasteiger charge is -2.10. The summed E-state index contributed by atoms with van der Waals surface area (Å²) in [5.41, 5.74) is -0.567. The number of para-hydroxylation sites is 1. The molecular weight excluding hydrogens is 394 g/mol. The Labute approximate surface area is 156 Å². The number of nitrogens with one attached hydrogen (secondary N) is 1. The Bertz CT molecular complexity index is 805. The van der Waals surface area contributed by atoms with E-state index in [1.165, 1.54) is 24.3 Å². The van der Waals surface area contributed by atoms with Gasteiger partial charge in [-0.3, -0.25) is 9.59 Å². The fourth-order valence-electron chi connectivity index (χ4n) is 2.01. The van der Waals surface area contributed by atoms with Crippen molar-refractivity contribution in [1.29, 1.82) is 0 Å². The van der Waals surface area contributed by atoms with E-state index in [2.05, 4.69) is 5.32 Å². The van der Waals surface area contributed by atoms with E-state index < -0.39 is 36.6 Å².